The SMILES string of the molecule is CCCC(O)CNS(=O)(=O)c1c(F)c(F)c(F)c(F)c1F. The summed E-state index contributed by atoms with van der Waals surface area (Å²) in [5.74, 6) is -12.1. The lowest BCUT2D eigenvalue weighted by molar-refractivity contribution is 0.167. The van der Waals surface area contributed by atoms with Crippen molar-refractivity contribution in [3.8, 4) is 0 Å². The lowest BCUT2D eigenvalue weighted by Gasteiger charge is -2.13. The Labute approximate surface area is 117 Å². The van der Waals surface area contributed by atoms with Crippen molar-refractivity contribution in [2.75, 3.05) is 6.54 Å². The zero-order valence-electron chi connectivity index (χ0n) is 10.8. The van der Waals surface area contributed by atoms with Gasteiger partial charge in [0.2, 0.25) is 15.8 Å². The van der Waals surface area contributed by atoms with E-state index < -0.39 is 56.7 Å². The van der Waals surface area contributed by atoms with Gasteiger partial charge in [0.15, 0.2) is 28.2 Å². The molecule has 0 amide bonds. The maximum atomic E-state index is 13.4. The van der Waals surface area contributed by atoms with Crippen molar-refractivity contribution in [3.05, 3.63) is 29.1 Å². The van der Waals surface area contributed by atoms with Gasteiger partial charge in [-0.15, -0.1) is 0 Å². The fourth-order valence-electron chi connectivity index (χ4n) is 1.53. The van der Waals surface area contributed by atoms with E-state index in [1.807, 2.05) is 0 Å². The number of halogens is 5. The van der Waals surface area contributed by atoms with Gasteiger partial charge in [-0.05, 0) is 6.42 Å². The van der Waals surface area contributed by atoms with Gasteiger partial charge < -0.3 is 5.11 Å². The summed E-state index contributed by atoms with van der Waals surface area (Å²) in [4.78, 5) is -1.97. The van der Waals surface area contributed by atoms with Gasteiger partial charge in [-0.1, -0.05) is 13.3 Å². The zero-order valence-corrected chi connectivity index (χ0v) is 11.6. The average Bonchev–Trinajstić information content (AvgIpc) is 2.41. The van der Waals surface area contributed by atoms with Gasteiger partial charge in [0, 0.05) is 6.54 Å². The summed E-state index contributed by atoms with van der Waals surface area (Å²) in [5, 5.41) is 9.33. The molecule has 4 nitrogen and oxygen atoms in total. The first-order valence-corrected chi connectivity index (χ1v) is 7.31. The van der Waals surface area contributed by atoms with Gasteiger partial charge in [0.05, 0.1) is 6.10 Å². The Hall–Kier alpha value is -1.26. The third kappa shape index (κ3) is 3.69. The Morgan fingerprint density at radius 2 is 1.43 bits per heavy atom. The molecule has 0 aliphatic heterocycles. The Morgan fingerprint density at radius 1 is 1.00 bits per heavy atom. The highest BCUT2D eigenvalue weighted by Gasteiger charge is 2.33. The highest BCUT2D eigenvalue weighted by atomic mass is 32.2. The number of sulfonamides is 1. The summed E-state index contributed by atoms with van der Waals surface area (Å²) in [7, 11) is -5.00. The molecule has 1 aromatic rings. The smallest absolute Gasteiger partial charge is 0.246 e. The minimum Gasteiger partial charge on any atom is -0.392 e. The summed E-state index contributed by atoms with van der Waals surface area (Å²) < 4.78 is 90.3. The first-order chi connectivity index (χ1) is 9.63. The molecule has 120 valence electrons. The molecule has 1 unspecified atom stereocenters. The van der Waals surface area contributed by atoms with Crippen LogP contribution >= 0.6 is 0 Å². The van der Waals surface area contributed by atoms with Crippen molar-refractivity contribution in [1.29, 1.82) is 0 Å². The van der Waals surface area contributed by atoms with Crippen LogP contribution in [0.4, 0.5) is 22.0 Å². The Kier molecular flexibility index (Phi) is 5.65. The Bertz CT molecular complexity index is 606. The lowest BCUT2D eigenvalue weighted by Crippen LogP contribution is -2.33. The van der Waals surface area contributed by atoms with Crippen molar-refractivity contribution in [1.82, 2.24) is 4.72 Å². The largest absolute Gasteiger partial charge is 0.392 e. The molecule has 0 fully saturated rings. The van der Waals surface area contributed by atoms with E-state index in [1.165, 1.54) is 0 Å². The molecule has 0 saturated heterocycles. The fraction of sp³-hybridized carbons (Fsp3) is 0.455. The monoisotopic (exact) mass is 333 g/mol. The standard InChI is InChI=1S/C11H12F5NO3S/c1-2-3-5(18)4-17-21(19,20)11-9(15)7(13)6(12)8(14)10(11)16/h5,17-18H,2-4H2,1H3. The van der Waals surface area contributed by atoms with Gasteiger partial charge in [-0.25, -0.2) is 35.1 Å². The van der Waals surface area contributed by atoms with E-state index in [0.29, 0.717) is 6.42 Å². The number of aliphatic hydroxyl groups is 1. The molecule has 0 spiro atoms. The average molecular weight is 333 g/mol. The van der Waals surface area contributed by atoms with Crippen LogP contribution in [0.5, 0.6) is 0 Å². The second-order valence-corrected chi connectivity index (χ2v) is 5.90. The molecule has 0 aromatic heterocycles. The van der Waals surface area contributed by atoms with Crippen LogP contribution in [0.15, 0.2) is 4.90 Å². The number of rotatable bonds is 6. The second-order valence-electron chi connectivity index (χ2n) is 4.19. The third-order valence-electron chi connectivity index (χ3n) is 2.57. The number of nitrogens with one attached hydrogen (secondary N) is 1. The molecule has 0 bridgehead atoms. The molecule has 2 N–H and O–H groups in total. The van der Waals surface area contributed by atoms with E-state index in [9.17, 15) is 35.5 Å². The summed E-state index contributed by atoms with van der Waals surface area (Å²) in [5.41, 5.74) is 0. The van der Waals surface area contributed by atoms with E-state index in [4.69, 9.17) is 0 Å². The first kappa shape index (κ1) is 17.8. The summed E-state index contributed by atoms with van der Waals surface area (Å²) >= 11 is 0. The van der Waals surface area contributed by atoms with Crippen LogP contribution in [-0.4, -0.2) is 26.2 Å². The van der Waals surface area contributed by atoms with Crippen LogP contribution < -0.4 is 4.72 Å². The van der Waals surface area contributed by atoms with Gasteiger partial charge >= 0.3 is 0 Å². The number of aliphatic hydroxyl groups excluding tert-OH is 1. The highest BCUT2D eigenvalue weighted by molar-refractivity contribution is 7.89. The van der Waals surface area contributed by atoms with Gasteiger partial charge in [0.25, 0.3) is 0 Å². The van der Waals surface area contributed by atoms with Crippen molar-refractivity contribution in [3.63, 3.8) is 0 Å². The molecule has 10 heteroatoms. The van der Waals surface area contributed by atoms with Crippen molar-refractivity contribution in [2.45, 2.75) is 30.8 Å². The van der Waals surface area contributed by atoms with Crippen LogP contribution in [0.25, 0.3) is 0 Å². The summed E-state index contributed by atoms with van der Waals surface area (Å²) in [6, 6.07) is 0. The Balaban J connectivity index is 3.21. The number of hydrogen-bond donors (Lipinski definition) is 2. The van der Waals surface area contributed by atoms with Crippen LogP contribution in [-0.2, 0) is 10.0 Å². The molecule has 1 atom stereocenters. The highest BCUT2D eigenvalue weighted by Crippen LogP contribution is 2.26. The molecule has 0 heterocycles. The second kappa shape index (κ2) is 6.67. The van der Waals surface area contributed by atoms with E-state index in [1.54, 1.807) is 11.6 Å². The van der Waals surface area contributed by atoms with Crippen LogP contribution in [0.2, 0.25) is 0 Å². The van der Waals surface area contributed by atoms with Gasteiger partial charge in [-0.2, -0.15) is 0 Å². The first-order valence-electron chi connectivity index (χ1n) is 5.82. The topological polar surface area (TPSA) is 66.4 Å². The molecule has 0 saturated carbocycles. The third-order valence-corrected chi connectivity index (χ3v) is 4.01. The van der Waals surface area contributed by atoms with E-state index in [0.717, 1.165) is 0 Å². The zero-order chi connectivity index (χ0) is 16.4. The Morgan fingerprint density at radius 3 is 1.86 bits per heavy atom. The van der Waals surface area contributed by atoms with Crippen molar-refractivity contribution in [2.24, 2.45) is 0 Å². The maximum Gasteiger partial charge on any atom is 0.246 e. The predicted molar refractivity (Wildman–Crippen MR) is 62.3 cm³/mol. The quantitative estimate of drug-likeness (QED) is 0.474. The van der Waals surface area contributed by atoms with Crippen LogP contribution in [0.3, 0.4) is 0 Å². The van der Waals surface area contributed by atoms with Crippen molar-refractivity contribution < 1.29 is 35.5 Å². The van der Waals surface area contributed by atoms with Crippen LogP contribution in [0, 0.1) is 29.1 Å². The number of hydrogen-bond acceptors (Lipinski definition) is 3. The predicted octanol–water partition coefficient (Wildman–Crippen LogP) is 1.82. The molecule has 0 aliphatic carbocycles. The molecule has 0 radical (unpaired) electrons. The maximum absolute atomic E-state index is 13.4. The molecule has 1 rings (SSSR count). The van der Waals surface area contributed by atoms with Gasteiger partial charge in [-0.3, -0.25) is 0 Å². The van der Waals surface area contributed by atoms with E-state index in [-0.39, 0.29) is 6.42 Å². The normalized spacial score (nSPS) is 13.5. The summed E-state index contributed by atoms with van der Waals surface area (Å²) in [6.45, 7) is 1.08. The molecular weight excluding hydrogens is 321 g/mol. The lowest BCUT2D eigenvalue weighted by atomic mass is 10.2. The number of benzene rings is 1. The summed E-state index contributed by atoms with van der Waals surface area (Å²) in [6.07, 6.45) is -0.448. The van der Waals surface area contributed by atoms with Crippen molar-refractivity contribution >= 4 is 10.0 Å². The molecule has 21 heavy (non-hydrogen) atoms. The fourth-order valence-corrected chi connectivity index (χ4v) is 2.74. The molecular formula is C11H12F5NO3S. The minimum atomic E-state index is -5.00. The van der Waals surface area contributed by atoms with E-state index in [2.05, 4.69) is 0 Å². The van der Waals surface area contributed by atoms with E-state index >= 15 is 0 Å². The van der Waals surface area contributed by atoms with Crippen LogP contribution in [0.1, 0.15) is 19.8 Å². The molecule has 0 aliphatic rings. The van der Waals surface area contributed by atoms with Gasteiger partial charge in [0.1, 0.15) is 0 Å². The molecule has 1 aromatic carbocycles. The minimum absolute atomic E-state index is 0.194.